The molecule has 0 aromatic heterocycles. The van der Waals surface area contributed by atoms with Crippen LogP contribution in [-0.2, 0) is 0 Å². The van der Waals surface area contributed by atoms with Crippen LogP contribution in [0.5, 0.6) is 0 Å². The van der Waals surface area contributed by atoms with Crippen LogP contribution in [0, 0.1) is 22.7 Å². The van der Waals surface area contributed by atoms with E-state index in [4.69, 9.17) is 11.5 Å². The maximum atomic E-state index is 9.37. The van der Waals surface area contributed by atoms with E-state index in [9.17, 15) is 10.5 Å². The summed E-state index contributed by atoms with van der Waals surface area (Å²) in [5.41, 5.74) is 17.6. The van der Waals surface area contributed by atoms with Gasteiger partial charge < -0.3 is 11.5 Å². The minimum atomic E-state index is 0.565. The SMILES string of the molecule is N#Cc1cc(N)ccc1-c1ccc(Sc2ccc(-c3ccc(N)cc3C#N)cc2)cc1. The molecule has 0 bridgehead atoms. The highest BCUT2D eigenvalue weighted by molar-refractivity contribution is 7.99. The lowest BCUT2D eigenvalue weighted by Crippen LogP contribution is -1.90. The van der Waals surface area contributed by atoms with Gasteiger partial charge in [0.25, 0.3) is 0 Å². The predicted octanol–water partition coefficient (Wildman–Crippen LogP) is 6.08. The molecule has 31 heavy (non-hydrogen) atoms. The second-order valence-corrected chi connectivity index (χ2v) is 8.13. The van der Waals surface area contributed by atoms with Crippen molar-refractivity contribution < 1.29 is 0 Å². The number of hydrogen-bond donors (Lipinski definition) is 2. The Balaban J connectivity index is 1.53. The molecule has 0 aliphatic rings. The second-order valence-electron chi connectivity index (χ2n) is 6.98. The summed E-state index contributed by atoms with van der Waals surface area (Å²) in [5, 5.41) is 18.7. The first kappa shape index (κ1) is 20.1. The molecule has 0 fully saturated rings. The van der Waals surface area contributed by atoms with Crippen LogP contribution in [0.2, 0.25) is 0 Å². The Kier molecular flexibility index (Phi) is 5.62. The second kappa shape index (κ2) is 8.67. The highest BCUT2D eigenvalue weighted by Gasteiger charge is 2.08. The van der Waals surface area contributed by atoms with Crippen molar-refractivity contribution in [2.75, 3.05) is 11.5 Å². The standard InChI is InChI=1S/C26H18N4S/c27-15-19-13-21(29)5-11-25(19)17-1-7-23(8-2-17)31-24-9-3-18(4-10-24)26-12-6-22(30)14-20(26)16-28/h1-14H,29-30H2. The molecule has 0 radical (unpaired) electrons. The molecular weight excluding hydrogens is 400 g/mol. The van der Waals surface area contributed by atoms with Gasteiger partial charge in [-0.1, -0.05) is 48.2 Å². The summed E-state index contributed by atoms with van der Waals surface area (Å²) in [5.74, 6) is 0. The van der Waals surface area contributed by atoms with Gasteiger partial charge in [0.15, 0.2) is 0 Å². The van der Waals surface area contributed by atoms with Crippen LogP contribution in [0.25, 0.3) is 22.3 Å². The number of hydrogen-bond acceptors (Lipinski definition) is 5. The maximum Gasteiger partial charge on any atom is 0.0998 e. The summed E-state index contributed by atoms with van der Waals surface area (Å²) in [7, 11) is 0. The third-order valence-corrected chi connectivity index (χ3v) is 5.91. The number of benzene rings is 4. The van der Waals surface area contributed by atoms with E-state index >= 15 is 0 Å². The molecule has 0 heterocycles. The lowest BCUT2D eigenvalue weighted by Gasteiger charge is -2.08. The molecule has 0 saturated carbocycles. The molecule has 0 saturated heterocycles. The molecule has 0 atom stereocenters. The first-order chi connectivity index (χ1) is 15.1. The van der Waals surface area contributed by atoms with Gasteiger partial charge in [-0.15, -0.1) is 0 Å². The summed E-state index contributed by atoms with van der Waals surface area (Å²) in [4.78, 5) is 2.19. The van der Waals surface area contributed by atoms with Crippen LogP contribution in [0.3, 0.4) is 0 Å². The summed E-state index contributed by atoms with van der Waals surface area (Å²) >= 11 is 1.65. The van der Waals surface area contributed by atoms with Crippen molar-refractivity contribution in [3.63, 3.8) is 0 Å². The summed E-state index contributed by atoms with van der Waals surface area (Å²) in [6.07, 6.45) is 0. The van der Waals surface area contributed by atoms with E-state index in [0.717, 1.165) is 32.0 Å². The zero-order chi connectivity index (χ0) is 21.8. The summed E-state index contributed by atoms with van der Waals surface area (Å²) < 4.78 is 0. The van der Waals surface area contributed by atoms with Gasteiger partial charge in [0, 0.05) is 21.2 Å². The van der Waals surface area contributed by atoms with Crippen LogP contribution in [0.1, 0.15) is 11.1 Å². The van der Waals surface area contributed by atoms with Gasteiger partial charge in [0.1, 0.15) is 0 Å². The van der Waals surface area contributed by atoms with Crippen LogP contribution in [0.15, 0.2) is 94.7 Å². The average molecular weight is 419 g/mol. The van der Waals surface area contributed by atoms with Gasteiger partial charge in [-0.3, -0.25) is 0 Å². The van der Waals surface area contributed by atoms with Gasteiger partial charge in [-0.25, -0.2) is 0 Å². The number of nitrogens with zero attached hydrogens (tertiary/aromatic N) is 2. The smallest absolute Gasteiger partial charge is 0.0998 e. The van der Waals surface area contributed by atoms with Gasteiger partial charge in [0.05, 0.1) is 23.3 Å². The van der Waals surface area contributed by atoms with Gasteiger partial charge >= 0.3 is 0 Å². The van der Waals surface area contributed by atoms with Crippen LogP contribution in [-0.4, -0.2) is 0 Å². The largest absolute Gasteiger partial charge is 0.399 e. The van der Waals surface area contributed by atoms with E-state index in [-0.39, 0.29) is 0 Å². The third-order valence-electron chi connectivity index (χ3n) is 4.89. The minimum Gasteiger partial charge on any atom is -0.399 e. The van der Waals surface area contributed by atoms with Crippen LogP contribution in [0.4, 0.5) is 11.4 Å². The number of nitrogen functional groups attached to an aromatic ring is 2. The zero-order valence-corrected chi connectivity index (χ0v) is 17.4. The Hall–Kier alpha value is -4.19. The fourth-order valence-corrected chi connectivity index (χ4v) is 4.17. The number of nitrogens with two attached hydrogens (primary N) is 2. The van der Waals surface area contributed by atoms with Gasteiger partial charge in [-0.2, -0.15) is 10.5 Å². The molecule has 4 aromatic carbocycles. The Morgan fingerprint density at radius 3 is 1.29 bits per heavy atom. The molecule has 4 N–H and O–H groups in total. The first-order valence-corrected chi connectivity index (χ1v) is 10.4. The minimum absolute atomic E-state index is 0.565. The predicted molar refractivity (Wildman–Crippen MR) is 126 cm³/mol. The molecule has 0 spiro atoms. The molecule has 148 valence electrons. The topological polar surface area (TPSA) is 99.6 Å². The van der Waals surface area contributed by atoms with Gasteiger partial charge in [0.2, 0.25) is 0 Å². The third kappa shape index (κ3) is 4.38. The number of anilines is 2. The molecule has 5 heteroatoms. The molecule has 0 amide bonds. The fourth-order valence-electron chi connectivity index (χ4n) is 3.35. The Labute approximate surface area is 185 Å². The number of nitriles is 2. The van der Waals surface area contributed by atoms with Crippen molar-refractivity contribution >= 4 is 23.1 Å². The normalized spacial score (nSPS) is 10.3. The van der Waals surface area contributed by atoms with Crippen molar-refractivity contribution in [1.29, 1.82) is 10.5 Å². The quantitative estimate of drug-likeness (QED) is 0.391. The van der Waals surface area contributed by atoms with Crippen LogP contribution >= 0.6 is 11.8 Å². The summed E-state index contributed by atoms with van der Waals surface area (Å²) in [6, 6.07) is 31.4. The van der Waals surface area contributed by atoms with E-state index in [1.807, 2.05) is 60.7 Å². The summed E-state index contributed by atoms with van der Waals surface area (Å²) in [6.45, 7) is 0. The molecule has 0 aliphatic heterocycles. The highest BCUT2D eigenvalue weighted by atomic mass is 32.2. The molecular formula is C26H18N4S. The van der Waals surface area contributed by atoms with E-state index in [0.29, 0.717) is 22.5 Å². The molecule has 4 aromatic rings. The number of rotatable bonds is 4. The Bertz CT molecular complexity index is 1220. The Morgan fingerprint density at radius 2 is 0.935 bits per heavy atom. The monoisotopic (exact) mass is 418 g/mol. The van der Waals surface area contributed by atoms with E-state index in [1.54, 1.807) is 36.0 Å². The average Bonchev–Trinajstić information content (AvgIpc) is 2.80. The molecule has 4 rings (SSSR count). The Morgan fingerprint density at radius 1 is 0.548 bits per heavy atom. The van der Waals surface area contributed by atoms with Crippen molar-refractivity contribution in [2.24, 2.45) is 0 Å². The van der Waals surface area contributed by atoms with E-state index in [2.05, 4.69) is 12.1 Å². The zero-order valence-electron chi connectivity index (χ0n) is 16.5. The van der Waals surface area contributed by atoms with Gasteiger partial charge in [-0.05, 0) is 70.8 Å². The van der Waals surface area contributed by atoms with E-state index in [1.165, 1.54) is 0 Å². The molecule has 0 aliphatic carbocycles. The van der Waals surface area contributed by atoms with E-state index < -0.39 is 0 Å². The van der Waals surface area contributed by atoms with Crippen LogP contribution < -0.4 is 11.5 Å². The lowest BCUT2D eigenvalue weighted by molar-refractivity contribution is 1.40. The van der Waals surface area contributed by atoms with Crippen molar-refractivity contribution in [2.45, 2.75) is 9.79 Å². The highest BCUT2D eigenvalue weighted by Crippen LogP contribution is 2.33. The lowest BCUT2D eigenvalue weighted by atomic mass is 10.00. The van der Waals surface area contributed by atoms with Crippen molar-refractivity contribution in [3.8, 4) is 34.4 Å². The first-order valence-electron chi connectivity index (χ1n) is 9.55. The van der Waals surface area contributed by atoms with Crippen molar-refractivity contribution in [3.05, 3.63) is 96.1 Å². The molecule has 0 unspecified atom stereocenters. The maximum absolute atomic E-state index is 9.37. The molecule has 4 nitrogen and oxygen atoms in total. The van der Waals surface area contributed by atoms with Crippen molar-refractivity contribution in [1.82, 2.24) is 0 Å². The fraction of sp³-hybridized carbons (Fsp3) is 0.